The van der Waals surface area contributed by atoms with E-state index in [0.29, 0.717) is 12.2 Å². The number of aliphatic hydroxyl groups is 1. The molecule has 86 valence electrons. The van der Waals surface area contributed by atoms with Gasteiger partial charge in [0.2, 0.25) is 5.91 Å². The molecule has 3 N–H and O–H groups in total. The number of carbonyl (C=O) groups is 1. The third-order valence-corrected chi connectivity index (χ3v) is 2.82. The Balaban J connectivity index is 1.99. The van der Waals surface area contributed by atoms with Crippen LogP contribution in [-0.2, 0) is 17.8 Å². The van der Waals surface area contributed by atoms with Gasteiger partial charge in [-0.2, -0.15) is 0 Å². The summed E-state index contributed by atoms with van der Waals surface area (Å²) in [4.78, 5) is 18.3. The molecular weight excluding hydrogens is 218 g/mol. The van der Waals surface area contributed by atoms with Crippen LogP contribution in [0.1, 0.15) is 11.4 Å². The average Bonchev–Trinajstić information content (AvgIpc) is 2.92. The fourth-order valence-electron chi connectivity index (χ4n) is 1.99. The summed E-state index contributed by atoms with van der Waals surface area (Å²) in [5.41, 5.74) is 3.68. The topological polar surface area (TPSA) is 78.0 Å². The molecule has 0 saturated heterocycles. The van der Waals surface area contributed by atoms with Gasteiger partial charge < -0.3 is 15.4 Å². The van der Waals surface area contributed by atoms with E-state index in [1.165, 1.54) is 0 Å². The molecule has 0 radical (unpaired) electrons. The van der Waals surface area contributed by atoms with Crippen LogP contribution in [0.3, 0.4) is 0 Å². The standard InChI is InChI=1S/C12H11N3O2/c16-6-11-13-5-10(14-11)7-1-2-9-8(3-7)4-12(17)15-9/h1-3,5,16H,4,6H2,(H,13,14)(H,15,17). The van der Waals surface area contributed by atoms with Gasteiger partial charge in [-0.3, -0.25) is 4.79 Å². The van der Waals surface area contributed by atoms with Gasteiger partial charge in [-0.15, -0.1) is 0 Å². The van der Waals surface area contributed by atoms with Crippen molar-refractivity contribution < 1.29 is 9.90 Å². The molecule has 0 spiro atoms. The lowest BCUT2D eigenvalue weighted by molar-refractivity contribution is -0.115. The minimum atomic E-state index is -0.106. The van der Waals surface area contributed by atoms with Gasteiger partial charge in [-0.05, 0) is 23.3 Å². The summed E-state index contributed by atoms with van der Waals surface area (Å²) in [7, 11) is 0. The molecule has 0 saturated carbocycles. The summed E-state index contributed by atoms with van der Waals surface area (Å²) in [6, 6.07) is 5.76. The molecule has 0 fully saturated rings. The predicted octanol–water partition coefficient (Wildman–Crippen LogP) is 1.06. The minimum Gasteiger partial charge on any atom is -0.388 e. The second kappa shape index (κ2) is 3.71. The van der Waals surface area contributed by atoms with Crippen LogP contribution < -0.4 is 5.32 Å². The third-order valence-electron chi connectivity index (χ3n) is 2.82. The first-order valence-electron chi connectivity index (χ1n) is 5.34. The van der Waals surface area contributed by atoms with E-state index in [-0.39, 0.29) is 12.5 Å². The van der Waals surface area contributed by atoms with Crippen LogP contribution in [-0.4, -0.2) is 21.0 Å². The number of imidazole rings is 1. The number of nitrogens with one attached hydrogen (secondary N) is 2. The van der Waals surface area contributed by atoms with Crippen LogP contribution in [0, 0.1) is 0 Å². The average molecular weight is 229 g/mol. The number of aromatic amines is 1. The number of aromatic nitrogens is 2. The van der Waals surface area contributed by atoms with Gasteiger partial charge in [-0.25, -0.2) is 4.98 Å². The first-order valence-corrected chi connectivity index (χ1v) is 5.34. The zero-order valence-corrected chi connectivity index (χ0v) is 9.03. The fourth-order valence-corrected chi connectivity index (χ4v) is 1.99. The normalized spacial score (nSPS) is 13.6. The lowest BCUT2D eigenvalue weighted by Gasteiger charge is -2.01. The highest BCUT2D eigenvalue weighted by Gasteiger charge is 2.18. The molecule has 3 rings (SSSR count). The Kier molecular flexibility index (Phi) is 2.19. The van der Waals surface area contributed by atoms with Crippen LogP contribution >= 0.6 is 0 Å². The van der Waals surface area contributed by atoms with E-state index < -0.39 is 0 Å². The van der Waals surface area contributed by atoms with E-state index >= 15 is 0 Å². The van der Waals surface area contributed by atoms with Crippen LogP contribution in [0.2, 0.25) is 0 Å². The van der Waals surface area contributed by atoms with Gasteiger partial charge in [0, 0.05) is 5.69 Å². The predicted molar refractivity (Wildman–Crippen MR) is 62.3 cm³/mol. The molecule has 0 unspecified atom stereocenters. The minimum absolute atomic E-state index is 0.0257. The highest BCUT2D eigenvalue weighted by atomic mass is 16.3. The summed E-state index contributed by atoms with van der Waals surface area (Å²) in [6.45, 7) is -0.106. The highest BCUT2D eigenvalue weighted by Crippen LogP contribution is 2.28. The summed E-state index contributed by atoms with van der Waals surface area (Å²) in [5.74, 6) is 0.563. The molecule has 1 amide bonds. The summed E-state index contributed by atoms with van der Waals surface area (Å²) >= 11 is 0. The number of nitrogens with zero attached hydrogens (tertiary/aromatic N) is 1. The van der Waals surface area contributed by atoms with E-state index in [1.54, 1.807) is 6.20 Å². The van der Waals surface area contributed by atoms with E-state index in [0.717, 1.165) is 22.5 Å². The molecule has 5 heteroatoms. The Bertz CT molecular complexity index is 589. The van der Waals surface area contributed by atoms with Gasteiger partial charge in [0.25, 0.3) is 0 Å². The monoisotopic (exact) mass is 229 g/mol. The van der Waals surface area contributed by atoms with Crippen molar-refractivity contribution in [2.45, 2.75) is 13.0 Å². The van der Waals surface area contributed by atoms with Gasteiger partial charge in [0.15, 0.2) is 0 Å². The molecule has 0 aliphatic carbocycles. The molecule has 1 aliphatic rings. The molecule has 0 bridgehead atoms. The highest BCUT2D eigenvalue weighted by molar-refractivity contribution is 5.99. The Morgan fingerprint density at radius 2 is 2.29 bits per heavy atom. The lowest BCUT2D eigenvalue weighted by Crippen LogP contribution is -2.03. The molecule has 1 aromatic heterocycles. The number of anilines is 1. The summed E-state index contributed by atoms with van der Waals surface area (Å²) < 4.78 is 0. The zero-order valence-electron chi connectivity index (χ0n) is 9.03. The maximum Gasteiger partial charge on any atom is 0.228 e. The second-order valence-electron chi connectivity index (χ2n) is 4.00. The van der Waals surface area contributed by atoms with Crippen molar-refractivity contribution in [3.05, 3.63) is 35.8 Å². The zero-order chi connectivity index (χ0) is 11.8. The first kappa shape index (κ1) is 10.0. The number of carbonyl (C=O) groups excluding carboxylic acids is 1. The van der Waals surface area contributed by atoms with E-state index in [4.69, 9.17) is 5.11 Å². The number of amides is 1. The van der Waals surface area contributed by atoms with Crippen LogP contribution in [0.5, 0.6) is 0 Å². The van der Waals surface area contributed by atoms with Gasteiger partial charge >= 0.3 is 0 Å². The van der Waals surface area contributed by atoms with Crippen molar-refractivity contribution >= 4 is 11.6 Å². The molecule has 5 nitrogen and oxygen atoms in total. The molecule has 2 aromatic rings. The number of H-pyrrole nitrogens is 1. The summed E-state index contributed by atoms with van der Waals surface area (Å²) in [6.07, 6.45) is 2.10. The Hall–Kier alpha value is -2.14. The molecule has 1 aliphatic heterocycles. The largest absolute Gasteiger partial charge is 0.388 e. The molecule has 1 aromatic carbocycles. The van der Waals surface area contributed by atoms with Crippen LogP contribution in [0.25, 0.3) is 11.3 Å². The van der Waals surface area contributed by atoms with Gasteiger partial charge in [-0.1, -0.05) is 6.07 Å². The number of hydrogen-bond acceptors (Lipinski definition) is 3. The lowest BCUT2D eigenvalue weighted by atomic mass is 10.1. The number of rotatable bonds is 2. The van der Waals surface area contributed by atoms with Gasteiger partial charge in [0.1, 0.15) is 12.4 Å². The van der Waals surface area contributed by atoms with E-state index in [2.05, 4.69) is 15.3 Å². The van der Waals surface area contributed by atoms with Crippen molar-refractivity contribution in [2.24, 2.45) is 0 Å². The van der Waals surface area contributed by atoms with E-state index in [9.17, 15) is 4.79 Å². The van der Waals surface area contributed by atoms with E-state index in [1.807, 2.05) is 18.2 Å². The number of fused-ring (bicyclic) bond motifs is 1. The molecule has 0 atom stereocenters. The SMILES string of the molecule is O=C1Cc2cc(-c3cnc(CO)[nH]3)ccc2N1. The number of hydrogen-bond donors (Lipinski definition) is 3. The first-order chi connectivity index (χ1) is 8.26. The van der Waals surface area contributed by atoms with Crippen molar-refractivity contribution in [1.82, 2.24) is 9.97 Å². The summed E-state index contributed by atoms with van der Waals surface area (Å²) in [5, 5.41) is 11.7. The quantitative estimate of drug-likeness (QED) is 0.720. The van der Waals surface area contributed by atoms with Crippen molar-refractivity contribution in [3.8, 4) is 11.3 Å². The maximum absolute atomic E-state index is 11.2. The Morgan fingerprint density at radius 3 is 3.06 bits per heavy atom. The van der Waals surface area contributed by atoms with Crippen molar-refractivity contribution in [3.63, 3.8) is 0 Å². The molecular formula is C12H11N3O2. The second-order valence-corrected chi connectivity index (χ2v) is 4.00. The van der Waals surface area contributed by atoms with Crippen LogP contribution in [0.4, 0.5) is 5.69 Å². The maximum atomic E-state index is 11.2. The number of benzene rings is 1. The third kappa shape index (κ3) is 1.70. The molecule has 17 heavy (non-hydrogen) atoms. The van der Waals surface area contributed by atoms with Crippen molar-refractivity contribution in [2.75, 3.05) is 5.32 Å². The Morgan fingerprint density at radius 1 is 1.41 bits per heavy atom. The van der Waals surface area contributed by atoms with Crippen LogP contribution in [0.15, 0.2) is 24.4 Å². The Labute approximate surface area is 97.5 Å². The smallest absolute Gasteiger partial charge is 0.228 e. The number of aliphatic hydroxyl groups excluding tert-OH is 1. The van der Waals surface area contributed by atoms with Crippen molar-refractivity contribution in [1.29, 1.82) is 0 Å². The van der Waals surface area contributed by atoms with Gasteiger partial charge in [0.05, 0.1) is 18.3 Å². The molecule has 2 heterocycles. The fraction of sp³-hybridized carbons (Fsp3) is 0.167.